The van der Waals surface area contributed by atoms with Gasteiger partial charge in [-0.15, -0.1) is 12.4 Å². The van der Waals surface area contributed by atoms with Crippen LogP contribution in [0.1, 0.15) is 10.5 Å². The lowest BCUT2D eigenvalue weighted by Crippen LogP contribution is -2.25. The van der Waals surface area contributed by atoms with Crippen LogP contribution in [-0.4, -0.2) is 65.7 Å². The summed E-state index contributed by atoms with van der Waals surface area (Å²) in [6, 6.07) is 11.2. The van der Waals surface area contributed by atoms with Gasteiger partial charge in [0.05, 0.1) is 46.3 Å². The quantitative estimate of drug-likeness (QED) is 0.260. The third-order valence-electron chi connectivity index (χ3n) is 5.02. The number of benzene rings is 1. The van der Waals surface area contributed by atoms with Gasteiger partial charge < -0.3 is 29.7 Å². The van der Waals surface area contributed by atoms with Gasteiger partial charge in [0, 0.05) is 18.3 Å². The van der Waals surface area contributed by atoms with Crippen LogP contribution in [0.15, 0.2) is 57.9 Å². The minimum absolute atomic E-state index is 0. The minimum Gasteiger partial charge on any atom is -0.495 e. The molecule has 0 saturated heterocycles. The molecule has 3 aromatic heterocycles. The number of methoxy groups -OCH3 is 1. The zero-order valence-electron chi connectivity index (χ0n) is 20.1. The molecule has 3 N–H and O–H groups in total. The largest absolute Gasteiger partial charge is 0.495 e. The van der Waals surface area contributed by atoms with Crippen LogP contribution in [0.2, 0.25) is 0 Å². The monoisotopic (exact) mass is 530 g/mol. The van der Waals surface area contributed by atoms with E-state index < -0.39 is 0 Å². The Kier molecular flexibility index (Phi) is 10.1. The van der Waals surface area contributed by atoms with Crippen molar-refractivity contribution in [2.75, 3.05) is 45.4 Å². The molecule has 0 aliphatic heterocycles. The van der Waals surface area contributed by atoms with Crippen LogP contribution in [0.5, 0.6) is 5.75 Å². The zero-order valence-corrected chi connectivity index (χ0v) is 20.9. The molecule has 37 heavy (non-hydrogen) atoms. The number of hydrogen-bond donors (Lipinski definition) is 2. The molecule has 0 radical (unpaired) electrons. The summed E-state index contributed by atoms with van der Waals surface area (Å²) >= 11 is 0. The molecule has 0 aliphatic carbocycles. The molecule has 0 spiro atoms. The van der Waals surface area contributed by atoms with Crippen LogP contribution in [0.3, 0.4) is 0 Å². The average Bonchev–Trinajstić information content (AvgIpc) is 3.32. The van der Waals surface area contributed by atoms with Crippen LogP contribution in [0.4, 0.5) is 5.69 Å². The van der Waals surface area contributed by atoms with Gasteiger partial charge in [-0.3, -0.25) is 9.59 Å². The Morgan fingerprint density at radius 1 is 1.08 bits per heavy atom. The van der Waals surface area contributed by atoms with Crippen molar-refractivity contribution in [3.63, 3.8) is 0 Å². The van der Waals surface area contributed by atoms with Crippen molar-refractivity contribution in [3.8, 4) is 17.3 Å². The molecule has 3 heterocycles. The van der Waals surface area contributed by atoms with E-state index in [2.05, 4.69) is 20.4 Å². The fourth-order valence-electron chi connectivity index (χ4n) is 3.22. The number of ether oxygens (including phenoxy) is 3. The number of amides is 1. The molecule has 0 saturated carbocycles. The van der Waals surface area contributed by atoms with Crippen LogP contribution < -0.4 is 21.3 Å². The Bertz CT molecular complexity index is 1370. The third kappa shape index (κ3) is 7.33. The van der Waals surface area contributed by atoms with Crippen molar-refractivity contribution in [2.24, 2.45) is 5.73 Å². The van der Waals surface area contributed by atoms with E-state index in [1.807, 2.05) is 0 Å². The first-order valence-electron chi connectivity index (χ1n) is 11.2. The summed E-state index contributed by atoms with van der Waals surface area (Å²) in [5, 5.41) is 7.13. The predicted molar refractivity (Wildman–Crippen MR) is 138 cm³/mol. The first-order chi connectivity index (χ1) is 17.6. The molecular weight excluding hydrogens is 504 g/mol. The summed E-state index contributed by atoms with van der Waals surface area (Å²) in [4.78, 5) is 33.2. The van der Waals surface area contributed by atoms with E-state index in [9.17, 15) is 9.59 Å². The van der Waals surface area contributed by atoms with E-state index >= 15 is 0 Å². The van der Waals surface area contributed by atoms with Crippen LogP contribution in [-0.2, 0) is 16.0 Å². The molecule has 0 fully saturated rings. The van der Waals surface area contributed by atoms with Gasteiger partial charge >= 0.3 is 0 Å². The van der Waals surface area contributed by atoms with Crippen LogP contribution >= 0.6 is 12.4 Å². The van der Waals surface area contributed by atoms with Crippen molar-refractivity contribution in [3.05, 3.63) is 64.7 Å². The SMILES string of the molecule is COc1ccc(C(=O)Nc2ccc3oc(-c4ccc(=O)n(CCOCCOCCN)n4)nc3c2)nc1.Cl. The third-order valence-corrected chi connectivity index (χ3v) is 5.02. The number of pyridine rings is 1. The Labute approximate surface area is 218 Å². The number of nitrogens with zero attached hydrogens (tertiary/aromatic N) is 4. The Balaban J connectivity index is 0.00000380. The highest BCUT2D eigenvalue weighted by atomic mass is 35.5. The molecule has 0 unspecified atom stereocenters. The van der Waals surface area contributed by atoms with Gasteiger partial charge in [-0.2, -0.15) is 5.10 Å². The van der Waals surface area contributed by atoms with E-state index in [-0.39, 0.29) is 42.0 Å². The van der Waals surface area contributed by atoms with Gasteiger partial charge in [-0.05, 0) is 36.4 Å². The number of carbonyl (C=O) groups is 1. The average molecular weight is 531 g/mol. The number of hydrogen-bond acceptors (Lipinski definition) is 10. The van der Waals surface area contributed by atoms with Crippen LogP contribution in [0, 0.1) is 0 Å². The van der Waals surface area contributed by atoms with Gasteiger partial charge in [-0.1, -0.05) is 0 Å². The second-order valence-corrected chi connectivity index (χ2v) is 7.53. The highest BCUT2D eigenvalue weighted by molar-refractivity contribution is 6.03. The molecular formula is C24H27ClN6O6. The standard InChI is InChI=1S/C24H26N6O6.ClH/c1-33-17-3-4-18(26-15-17)23(32)27-16-2-6-21-20(14-16)28-24(36-21)19-5-7-22(31)30(29-19)9-11-35-13-12-34-10-8-25;/h2-7,14-15H,8-13,25H2,1H3,(H,27,32);1H. The number of fused-ring (bicyclic) bond motifs is 1. The fraction of sp³-hybridized carbons (Fsp3) is 0.292. The number of aromatic nitrogens is 4. The molecule has 1 aromatic carbocycles. The molecule has 1 amide bonds. The van der Waals surface area contributed by atoms with Crippen molar-refractivity contribution < 1.29 is 23.4 Å². The second kappa shape index (κ2) is 13.5. The highest BCUT2D eigenvalue weighted by Gasteiger charge is 2.14. The molecule has 4 rings (SSSR count). The summed E-state index contributed by atoms with van der Waals surface area (Å²) < 4.78 is 22.9. The van der Waals surface area contributed by atoms with Crippen LogP contribution in [0.25, 0.3) is 22.7 Å². The summed E-state index contributed by atoms with van der Waals surface area (Å²) in [5.74, 6) is 0.432. The number of anilines is 1. The van der Waals surface area contributed by atoms with Crippen molar-refractivity contribution in [2.45, 2.75) is 6.54 Å². The molecule has 12 nitrogen and oxygen atoms in total. The smallest absolute Gasteiger partial charge is 0.274 e. The maximum Gasteiger partial charge on any atom is 0.274 e. The van der Waals surface area contributed by atoms with Gasteiger partial charge in [0.15, 0.2) is 5.58 Å². The fourth-order valence-corrected chi connectivity index (χ4v) is 3.22. The summed E-state index contributed by atoms with van der Waals surface area (Å²) in [6.45, 7) is 2.32. The maximum absolute atomic E-state index is 12.5. The lowest BCUT2D eigenvalue weighted by Gasteiger charge is -2.07. The van der Waals surface area contributed by atoms with Gasteiger partial charge in [-0.25, -0.2) is 14.6 Å². The minimum atomic E-state index is -0.373. The summed E-state index contributed by atoms with van der Waals surface area (Å²) in [6.07, 6.45) is 1.47. The highest BCUT2D eigenvalue weighted by Crippen LogP contribution is 2.25. The number of nitrogens with one attached hydrogen (secondary N) is 1. The number of halogens is 1. The topological polar surface area (TPSA) is 157 Å². The van der Waals surface area contributed by atoms with Gasteiger partial charge in [0.2, 0.25) is 5.89 Å². The lowest BCUT2D eigenvalue weighted by molar-refractivity contribution is 0.0464. The number of carbonyl (C=O) groups excluding carboxylic acids is 1. The molecule has 196 valence electrons. The Morgan fingerprint density at radius 3 is 2.62 bits per heavy atom. The Hall–Kier alpha value is -3.84. The van der Waals surface area contributed by atoms with E-state index in [1.165, 1.54) is 24.1 Å². The molecule has 0 aliphatic rings. The lowest BCUT2D eigenvalue weighted by atomic mass is 10.2. The predicted octanol–water partition coefficient (Wildman–Crippen LogP) is 2.12. The number of nitrogens with two attached hydrogens (primary N) is 1. The van der Waals surface area contributed by atoms with E-state index in [4.69, 9.17) is 24.4 Å². The molecule has 4 aromatic rings. The zero-order chi connectivity index (χ0) is 25.3. The second-order valence-electron chi connectivity index (χ2n) is 7.53. The maximum atomic E-state index is 12.5. The first-order valence-corrected chi connectivity index (χ1v) is 11.2. The normalized spacial score (nSPS) is 10.8. The summed E-state index contributed by atoms with van der Waals surface area (Å²) in [7, 11) is 1.53. The molecule has 13 heteroatoms. The number of rotatable bonds is 12. The summed E-state index contributed by atoms with van der Waals surface area (Å²) in [5.41, 5.74) is 7.28. The Morgan fingerprint density at radius 2 is 1.89 bits per heavy atom. The first kappa shape index (κ1) is 27.7. The van der Waals surface area contributed by atoms with Crippen molar-refractivity contribution in [1.82, 2.24) is 19.7 Å². The molecule has 0 bridgehead atoms. The van der Waals surface area contributed by atoms with Crippen molar-refractivity contribution >= 4 is 35.1 Å². The van der Waals surface area contributed by atoms with E-state index in [0.29, 0.717) is 61.2 Å². The van der Waals surface area contributed by atoms with Gasteiger partial charge in [0.25, 0.3) is 11.5 Å². The molecule has 0 atom stereocenters. The van der Waals surface area contributed by atoms with Crippen molar-refractivity contribution in [1.29, 1.82) is 0 Å². The van der Waals surface area contributed by atoms with E-state index in [0.717, 1.165) is 0 Å². The van der Waals surface area contributed by atoms with Gasteiger partial charge in [0.1, 0.15) is 22.7 Å². The van der Waals surface area contributed by atoms with E-state index in [1.54, 1.807) is 36.4 Å². The number of oxazole rings is 1.